The summed E-state index contributed by atoms with van der Waals surface area (Å²) in [5.41, 5.74) is 2.23. The number of carbonyl (C=O) groups excluding carboxylic acids is 2. The van der Waals surface area contributed by atoms with Gasteiger partial charge in [0.1, 0.15) is 5.54 Å². The fourth-order valence-corrected chi connectivity index (χ4v) is 6.12. The van der Waals surface area contributed by atoms with Gasteiger partial charge in [-0.3, -0.25) is 19.4 Å². The maximum atomic E-state index is 13.7. The number of anilines is 2. The highest BCUT2D eigenvalue weighted by Crippen LogP contribution is 2.45. The van der Waals surface area contributed by atoms with Gasteiger partial charge in [0, 0.05) is 13.1 Å². The first-order chi connectivity index (χ1) is 16.5. The standard InChI is InChI=1S/C28H36N4O2/c1-30(19-22-9-3-2-4-10-22)20-23-13-17-31(18-14-23)21-26(33)32-25-12-6-5-11-24(25)29-27(34)28(32)15-7-8-16-28/h2-6,9-12,23H,7-8,13-21H2,1H3,(H,29,34). The monoisotopic (exact) mass is 460 g/mol. The molecule has 0 aromatic heterocycles. The van der Waals surface area contributed by atoms with Gasteiger partial charge in [0.15, 0.2) is 0 Å². The summed E-state index contributed by atoms with van der Waals surface area (Å²) < 4.78 is 0. The molecule has 6 heteroatoms. The van der Waals surface area contributed by atoms with Crippen molar-refractivity contribution in [3.63, 3.8) is 0 Å². The van der Waals surface area contributed by atoms with E-state index in [9.17, 15) is 9.59 Å². The van der Waals surface area contributed by atoms with Crippen LogP contribution in [0.1, 0.15) is 44.1 Å². The Morgan fingerprint density at radius 3 is 2.44 bits per heavy atom. The summed E-state index contributed by atoms with van der Waals surface area (Å²) in [5.74, 6) is 0.698. The van der Waals surface area contributed by atoms with Gasteiger partial charge in [-0.15, -0.1) is 0 Å². The third kappa shape index (κ3) is 4.62. The fourth-order valence-electron chi connectivity index (χ4n) is 6.12. The second-order valence-electron chi connectivity index (χ2n) is 10.3. The molecule has 1 saturated carbocycles. The predicted molar refractivity (Wildman–Crippen MR) is 136 cm³/mol. The molecule has 5 rings (SSSR count). The molecule has 180 valence electrons. The minimum Gasteiger partial charge on any atom is -0.322 e. The summed E-state index contributed by atoms with van der Waals surface area (Å²) in [4.78, 5) is 33.4. The molecule has 0 bridgehead atoms. The zero-order chi connectivity index (χ0) is 23.5. The van der Waals surface area contributed by atoms with Crippen LogP contribution < -0.4 is 10.2 Å². The van der Waals surface area contributed by atoms with E-state index in [1.165, 1.54) is 5.56 Å². The van der Waals surface area contributed by atoms with Crippen LogP contribution in [-0.4, -0.2) is 60.4 Å². The number of amides is 2. The van der Waals surface area contributed by atoms with Crippen molar-refractivity contribution in [1.82, 2.24) is 9.80 Å². The van der Waals surface area contributed by atoms with Gasteiger partial charge in [-0.05, 0) is 69.4 Å². The third-order valence-corrected chi connectivity index (χ3v) is 7.86. The molecule has 2 heterocycles. The smallest absolute Gasteiger partial charge is 0.250 e. The van der Waals surface area contributed by atoms with E-state index in [-0.39, 0.29) is 11.8 Å². The normalized spacial score (nSPS) is 20.5. The number of benzene rings is 2. The maximum Gasteiger partial charge on any atom is 0.250 e. The summed E-state index contributed by atoms with van der Waals surface area (Å²) >= 11 is 0. The molecule has 1 saturated heterocycles. The first kappa shape index (κ1) is 23.1. The van der Waals surface area contributed by atoms with Crippen LogP contribution in [0.15, 0.2) is 54.6 Å². The molecule has 0 unspecified atom stereocenters. The number of likely N-dealkylation sites (tertiary alicyclic amines) is 1. The summed E-state index contributed by atoms with van der Waals surface area (Å²) in [5, 5.41) is 3.07. The molecule has 34 heavy (non-hydrogen) atoms. The minimum absolute atomic E-state index is 0.0165. The molecule has 2 amide bonds. The SMILES string of the molecule is CN(Cc1ccccc1)CC1CCN(CC(=O)N2c3ccccc3NC(=O)C23CCCC3)CC1. The van der Waals surface area contributed by atoms with Crippen molar-refractivity contribution < 1.29 is 9.59 Å². The number of carbonyl (C=O) groups is 2. The number of nitrogens with one attached hydrogen (secondary N) is 1. The lowest BCUT2D eigenvalue weighted by molar-refractivity contribution is -0.128. The van der Waals surface area contributed by atoms with Crippen molar-refractivity contribution in [2.45, 2.75) is 50.6 Å². The Labute approximate surface area is 202 Å². The molecule has 1 aliphatic carbocycles. The average Bonchev–Trinajstić information content (AvgIpc) is 3.32. The number of fused-ring (bicyclic) bond motifs is 1. The van der Waals surface area contributed by atoms with Crippen LogP contribution in [0.5, 0.6) is 0 Å². The second-order valence-corrected chi connectivity index (χ2v) is 10.3. The van der Waals surface area contributed by atoms with Crippen molar-refractivity contribution in [3.8, 4) is 0 Å². The Morgan fingerprint density at radius 1 is 1.03 bits per heavy atom. The Morgan fingerprint density at radius 2 is 1.71 bits per heavy atom. The molecule has 1 N–H and O–H groups in total. The second kappa shape index (κ2) is 9.88. The third-order valence-electron chi connectivity index (χ3n) is 7.86. The molecule has 0 radical (unpaired) electrons. The molecule has 2 aliphatic heterocycles. The Bertz CT molecular complexity index is 1010. The topological polar surface area (TPSA) is 55.9 Å². The number of para-hydroxylation sites is 2. The lowest BCUT2D eigenvalue weighted by Gasteiger charge is -2.45. The molecule has 1 spiro atoms. The van der Waals surface area contributed by atoms with Gasteiger partial charge in [0.25, 0.3) is 5.91 Å². The van der Waals surface area contributed by atoms with Crippen LogP contribution in [0.4, 0.5) is 11.4 Å². The Hall–Kier alpha value is -2.70. The number of hydrogen-bond donors (Lipinski definition) is 1. The van der Waals surface area contributed by atoms with Gasteiger partial charge in [-0.2, -0.15) is 0 Å². The average molecular weight is 461 g/mol. The van der Waals surface area contributed by atoms with Gasteiger partial charge >= 0.3 is 0 Å². The van der Waals surface area contributed by atoms with Crippen LogP contribution in [0, 0.1) is 5.92 Å². The first-order valence-electron chi connectivity index (χ1n) is 12.7. The molecule has 2 aromatic rings. The van der Waals surface area contributed by atoms with E-state index in [1.807, 2.05) is 29.2 Å². The van der Waals surface area contributed by atoms with Crippen molar-refractivity contribution in [2.24, 2.45) is 5.92 Å². The summed E-state index contributed by atoms with van der Waals surface area (Å²) in [6.07, 6.45) is 5.68. The molecule has 2 aromatic carbocycles. The zero-order valence-corrected chi connectivity index (χ0v) is 20.2. The fraction of sp³-hybridized carbons (Fsp3) is 0.500. The summed E-state index contributed by atoms with van der Waals surface area (Å²) in [6.45, 7) is 4.31. The van der Waals surface area contributed by atoms with Crippen molar-refractivity contribution in [1.29, 1.82) is 0 Å². The predicted octanol–water partition coefficient (Wildman–Crippen LogP) is 4.13. The van der Waals surface area contributed by atoms with E-state index in [1.54, 1.807) is 0 Å². The molecular weight excluding hydrogens is 424 g/mol. The van der Waals surface area contributed by atoms with Crippen LogP contribution in [0.3, 0.4) is 0 Å². The highest BCUT2D eigenvalue weighted by Gasteiger charge is 2.52. The summed E-state index contributed by atoms with van der Waals surface area (Å²) in [7, 11) is 2.20. The highest BCUT2D eigenvalue weighted by atomic mass is 16.2. The van der Waals surface area contributed by atoms with Crippen LogP contribution in [-0.2, 0) is 16.1 Å². The number of piperidine rings is 1. The van der Waals surface area contributed by atoms with Gasteiger partial charge in [-0.1, -0.05) is 55.3 Å². The van der Waals surface area contributed by atoms with Crippen molar-refractivity contribution in [2.75, 3.05) is 43.4 Å². The van der Waals surface area contributed by atoms with Gasteiger partial charge in [-0.25, -0.2) is 0 Å². The quantitative estimate of drug-likeness (QED) is 0.704. The zero-order valence-electron chi connectivity index (χ0n) is 20.2. The van der Waals surface area contributed by atoms with E-state index < -0.39 is 5.54 Å². The van der Waals surface area contributed by atoms with E-state index >= 15 is 0 Å². The lowest BCUT2D eigenvalue weighted by Crippen LogP contribution is -2.62. The van der Waals surface area contributed by atoms with Gasteiger partial charge in [0.05, 0.1) is 17.9 Å². The van der Waals surface area contributed by atoms with Crippen molar-refractivity contribution in [3.05, 3.63) is 60.2 Å². The van der Waals surface area contributed by atoms with E-state index in [2.05, 4.69) is 52.5 Å². The molecule has 0 atom stereocenters. The molecular formula is C28H36N4O2. The van der Waals surface area contributed by atoms with E-state index in [0.29, 0.717) is 12.5 Å². The molecule has 6 nitrogen and oxygen atoms in total. The first-order valence-corrected chi connectivity index (χ1v) is 12.7. The van der Waals surface area contributed by atoms with E-state index in [4.69, 9.17) is 0 Å². The number of hydrogen-bond acceptors (Lipinski definition) is 4. The van der Waals surface area contributed by atoms with Gasteiger partial charge < -0.3 is 10.2 Å². The number of nitrogens with zero attached hydrogens (tertiary/aromatic N) is 3. The van der Waals surface area contributed by atoms with Crippen LogP contribution >= 0.6 is 0 Å². The van der Waals surface area contributed by atoms with Gasteiger partial charge in [0.2, 0.25) is 5.91 Å². The highest BCUT2D eigenvalue weighted by molar-refractivity contribution is 6.15. The maximum absolute atomic E-state index is 13.7. The molecule has 3 aliphatic rings. The lowest BCUT2D eigenvalue weighted by atomic mass is 9.89. The van der Waals surface area contributed by atoms with Crippen molar-refractivity contribution >= 4 is 23.2 Å². The van der Waals surface area contributed by atoms with Crippen LogP contribution in [0.25, 0.3) is 0 Å². The van der Waals surface area contributed by atoms with Crippen LogP contribution in [0.2, 0.25) is 0 Å². The Kier molecular flexibility index (Phi) is 6.70. The largest absolute Gasteiger partial charge is 0.322 e. The Balaban J connectivity index is 1.20. The summed E-state index contributed by atoms with van der Waals surface area (Å²) in [6, 6.07) is 18.3. The minimum atomic E-state index is -0.718. The molecule has 2 fully saturated rings. The number of rotatable bonds is 6. The van der Waals surface area contributed by atoms with E-state index in [0.717, 1.165) is 76.1 Å².